The quantitative estimate of drug-likeness (QED) is 0.840. The van der Waals surface area contributed by atoms with E-state index < -0.39 is 15.0 Å². The van der Waals surface area contributed by atoms with Gasteiger partial charge in [0.05, 0.1) is 10.6 Å². The van der Waals surface area contributed by atoms with Crippen molar-refractivity contribution in [2.24, 2.45) is 5.92 Å². The highest BCUT2D eigenvalue weighted by Gasteiger charge is 2.37. The standard InChI is InChI=1S/C12H12Cl3NO3S/c1-2-6-3-9(6)16-12(17)8-4-7(13)5-10(11(8)14)20(15,18)19/h4-6,9H,2-3H2,1H3,(H,16,17). The summed E-state index contributed by atoms with van der Waals surface area (Å²) in [7, 11) is 1.21. The van der Waals surface area contributed by atoms with Crippen molar-refractivity contribution in [1.29, 1.82) is 0 Å². The molecule has 110 valence electrons. The second-order valence-electron chi connectivity index (χ2n) is 4.69. The molecule has 1 aliphatic rings. The van der Waals surface area contributed by atoms with E-state index in [-0.39, 0.29) is 26.5 Å². The van der Waals surface area contributed by atoms with Crippen LogP contribution >= 0.6 is 33.9 Å². The molecule has 1 saturated carbocycles. The van der Waals surface area contributed by atoms with Crippen LogP contribution in [0.4, 0.5) is 0 Å². The SMILES string of the molecule is CCC1CC1NC(=O)c1cc(Cl)cc(S(=O)(=O)Cl)c1Cl. The molecule has 20 heavy (non-hydrogen) atoms. The molecule has 1 aromatic rings. The molecule has 1 N–H and O–H groups in total. The van der Waals surface area contributed by atoms with Crippen molar-refractivity contribution in [3.05, 3.63) is 27.7 Å². The Kier molecular flexibility index (Phi) is 4.54. The van der Waals surface area contributed by atoms with Crippen molar-refractivity contribution < 1.29 is 13.2 Å². The van der Waals surface area contributed by atoms with Gasteiger partial charge >= 0.3 is 0 Å². The van der Waals surface area contributed by atoms with E-state index >= 15 is 0 Å². The highest BCUT2D eigenvalue weighted by Crippen LogP contribution is 2.35. The fourth-order valence-corrected chi connectivity index (χ4v) is 3.89. The van der Waals surface area contributed by atoms with Gasteiger partial charge in [-0.15, -0.1) is 0 Å². The summed E-state index contributed by atoms with van der Waals surface area (Å²) in [5.41, 5.74) is 0.0140. The summed E-state index contributed by atoms with van der Waals surface area (Å²) in [6.07, 6.45) is 1.90. The first-order chi connectivity index (χ1) is 9.24. The lowest BCUT2D eigenvalue weighted by molar-refractivity contribution is 0.0949. The van der Waals surface area contributed by atoms with E-state index in [1.165, 1.54) is 6.07 Å². The van der Waals surface area contributed by atoms with Gasteiger partial charge in [0.25, 0.3) is 15.0 Å². The van der Waals surface area contributed by atoms with Crippen LogP contribution in [0.3, 0.4) is 0 Å². The van der Waals surface area contributed by atoms with Crippen LogP contribution in [0.2, 0.25) is 10.0 Å². The zero-order valence-corrected chi connectivity index (χ0v) is 13.6. The molecular weight excluding hydrogens is 345 g/mol. The highest BCUT2D eigenvalue weighted by atomic mass is 35.7. The molecule has 2 unspecified atom stereocenters. The number of nitrogens with one attached hydrogen (secondary N) is 1. The first-order valence-electron chi connectivity index (χ1n) is 5.98. The Hall–Kier alpha value is -0.490. The lowest BCUT2D eigenvalue weighted by atomic mass is 10.2. The Labute approximate surface area is 131 Å². The van der Waals surface area contributed by atoms with Crippen LogP contribution in [0.15, 0.2) is 17.0 Å². The van der Waals surface area contributed by atoms with Crippen LogP contribution in [-0.4, -0.2) is 20.4 Å². The van der Waals surface area contributed by atoms with Gasteiger partial charge < -0.3 is 5.32 Å². The molecule has 0 aliphatic heterocycles. The second kappa shape index (κ2) is 5.72. The number of rotatable bonds is 4. The largest absolute Gasteiger partial charge is 0.349 e. The van der Waals surface area contributed by atoms with E-state index in [0.717, 1.165) is 18.9 Å². The Bertz CT molecular complexity index is 660. The fraction of sp³-hybridized carbons (Fsp3) is 0.417. The number of hydrogen-bond acceptors (Lipinski definition) is 3. The lowest BCUT2D eigenvalue weighted by Gasteiger charge is -2.09. The third kappa shape index (κ3) is 3.39. The van der Waals surface area contributed by atoms with E-state index in [1.807, 2.05) is 6.92 Å². The molecule has 1 amide bonds. The maximum atomic E-state index is 12.1. The minimum Gasteiger partial charge on any atom is -0.349 e. The average molecular weight is 357 g/mol. The van der Waals surface area contributed by atoms with Crippen molar-refractivity contribution in [2.75, 3.05) is 0 Å². The number of halogens is 3. The minimum absolute atomic E-state index is 0.0140. The summed E-state index contributed by atoms with van der Waals surface area (Å²) in [5.74, 6) is 0.0214. The first kappa shape index (κ1) is 15.9. The van der Waals surface area contributed by atoms with Crippen LogP contribution in [0.5, 0.6) is 0 Å². The summed E-state index contributed by atoms with van der Waals surface area (Å²) in [4.78, 5) is 11.8. The van der Waals surface area contributed by atoms with Gasteiger partial charge in [0.15, 0.2) is 0 Å². The van der Waals surface area contributed by atoms with E-state index in [4.69, 9.17) is 33.9 Å². The van der Waals surface area contributed by atoms with Crippen LogP contribution in [-0.2, 0) is 9.05 Å². The molecule has 0 aromatic heterocycles. The Morgan fingerprint density at radius 3 is 2.55 bits per heavy atom. The maximum absolute atomic E-state index is 12.1. The normalized spacial score (nSPS) is 21.6. The molecule has 8 heteroatoms. The summed E-state index contributed by atoms with van der Waals surface area (Å²) >= 11 is 11.8. The third-order valence-corrected chi connectivity index (χ3v) is 5.36. The third-order valence-electron chi connectivity index (χ3n) is 3.27. The molecule has 1 fully saturated rings. The van der Waals surface area contributed by atoms with Crippen LogP contribution in [0.25, 0.3) is 0 Å². The summed E-state index contributed by atoms with van der Waals surface area (Å²) < 4.78 is 22.8. The zero-order valence-electron chi connectivity index (χ0n) is 10.5. The lowest BCUT2D eigenvalue weighted by Crippen LogP contribution is -2.27. The van der Waals surface area contributed by atoms with Gasteiger partial charge in [0.1, 0.15) is 4.90 Å². The molecule has 1 aliphatic carbocycles. The molecule has 0 heterocycles. The second-order valence-corrected chi connectivity index (χ2v) is 8.04. The van der Waals surface area contributed by atoms with Gasteiger partial charge in [0, 0.05) is 21.7 Å². The molecule has 0 bridgehead atoms. The molecule has 4 nitrogen and oxygen atoms in total. The number of carbonyl (C=O) groups excluding carboxylic acids is 1. The zero-order chi connectivity index (χ0) is 15.1. The van der Waals surface area contributed by atoms with Gasteiger partial charge in [0.2, 0.25) is 0 Å². The number of hydrogen-bond donors (Lipinski definition) is 1. The molecule has 2 atom stereocenters. The minimum atomic E-state index is -4.06. The van der Waals surface area contributed by atoms with Crippen molar-refractivity contribution in [3.63, 3.8) is 0 Å². The van der Waals surface area contributed by atoms with Gasteiger partial charge in [-0.05, 0) is 24.5 Å². The van der Waals surface area contributed by atoms with E-state index in [0.29, 0.717) is 5.92 Å². The van der Waals surface area contributed by atoms with Crippen molar-refractivity contribution in [3.8, 4) is 0 Å². The number of benzene rings is 1. The average Bonchev–Trinajstić information content (AvgIpc) is 3.08. The van der Waals surface area contributed by atoms with Crippen LogP contribution in [0, 0.1) is 5.92 Å². The summed E-state index contributed by atoms with van der Waals surface area (Å²) in [5, 5.41) is 2.67. The van der Waals surface area contributed by atoms with Gasteiger partial charge in [-0.2, -0.15) is 0 Å². The number of carbonyl (C=O) groups is 1. The Morgan fingerprint density at radius 1 is 1.40 bits per heavy atom. The predicted octanol–water partition coefficient (Wildman–Crippen LogP) is 3.45. The van der Waals surface area contributed by atoms with E-state index in [9.17, 15) is 13.2 Å². The van der Waals surface area contributed by atoms with Crippen LogP contribution in [0.1, 0.15) is 30.1 Å². The predicted molar refractivity (Wildman–Crippen MR) is 79.2 cm³/mol. The van der Waals surface area contributed by atoms with Crippen molar-refractivity contribution in [2.45, 2.75) is 30.7 Å². The van der Waals surface area contributed by atoms with Gasteiger partial charge in [-0.25, -0.2) is 8.42 Å². The Balaban J connectivity index is 2.32. The molecule has 2 rings (SSSR count). The molecular formula is C12H12Cl3NO3S. The monoisotopic (exact) mass is 355 g/mol. The molecule has 0 saturated heterocycles. The highest BCUT2D eigenvalue weighted by molar-refractivity contribution is 8.13. The Morgan fingerprint density at radius 2 is 2.05 bits per heavy atom. The van der Waals surface area contributed by atoms with Gasteiger partial charge in [-0.1, -0.05) is 36.5 Å². The van der Waals surface area contributed by atoms with E-state index in [1.54, 1.807) is 0 Å². The molecule has 0 radical (unpaired) electrons. The summed E-state index contributed by atoms with van der Waals surface area (Å²) in [6, 6.07) is 2.56. The maximum Gasteiger partial charge on any atom is 0.262 e. The number of amides is 1. The topological polar surface area (TPSA) is 63.2 Å². The smallest absolute Gasteiger partial charge is 0.262 e. The van der Waals surface area contributed by atoms with Gasteiger partial charge in [-0.3, -0.25) is 4.79 Å². The van der Waals surface area contributed by atoms with Crippen molar-refractivity contribution in [1.82, 2.24) is 5.32 Å². The summed E-state index contributed by atoms with van der Waals surface area (Å²) in [6.45, 7) is 2.04. The van der Waals surface area contributed by atoms with Crippen LogP contribution < -0.4 is 5.32 Å². The molecule has 1 aromatic carbocycles. The van der Waals surface area contributed by atoms with E-state index in [2.05, 4.69) is 5.32 Å². The first-order valence-corrected chi connectivity index (χ1v) is 9.05. The van der Waals surface area contributed by atoms with Crippen molar-refractivity contribution >= 4 is 48.8 Å². The molecule has 0 spiro atoms. The fourth-order valence-electron chi connectivity index (χ4n) is 2.03.